The van der Waals surface area contributed by atoms with Crippen molar-refractivity contribution in [2.24, 2.45) is 0 Å². The van der Waals surface area contributed by atoms with Gasteiger partial charge < -0.3 is 20.1 Å². The average Bonchev–Trinajstić information content (AvgIpc) is 2.79. The Morgan fingerprint density at radius 3 is 2.94 bits per heavy atom. The van der Waals surface area contributed by atoms with Crippen LogP contribution in [0.1, 0.15) is 35.7 Å². The van der Waals surface area contributed by atoms with E-state index < -0.39 is 6.10 Å². The van der Waals surface area contributed by atoms with Crippen molar-refractivity contribution in [2.75, 3.05) is 25.0 Å². The molecule has 0 saturated carbocycles. The predicted molar refractivity (Wildman–Crippen MR) is 123 cm³/mol. The van der Waals surface area contributed by atoms with Gasteiger partial charge in [0.05, 0.1) is 17.6 Å². The molecule has 0 bridgehead atoms. The molecule has 31 heavy (non-hydrogen) atoms. The van der Waals surface area contributed by atoms with Crippen molar-refractivity contribution >= 4 is 22.5 Å². The number of pyridine rings is 1. The van der Waals surface area contributed by atoms with E-state index >= 15 is 0 Å². The predicted octanol–water partition coefficient (Wildman–Crippen LogP) is 4.02. The molecular weight excluding hydrogens is 390 g/mol. The van der Waals surface area contributed by atoms with Crippen LogP contribution in [0.25, 0.3) is 10.9 Å². The minimum atomic E-state index is -0.756. The van der Waals surface area contributed by atoms with E-state index in [0.29, 0.717) is 24.3 Å². The number of nitrogens with zero attached hydrogens (tertiary/aromatic N) is 2. The maximum absolute atomic E-state index is 13.2. The maximum Gasteiger partial charge on any atom is 0.256 e. The summed E-state index contributed by atoms with van der Waals surface area (Å²) in [6, 6.07) is 15.5. The Kier molecular flexibility index (Phi) is 6.37. The van der Waals surface area contributed by atoms with Crippen LogP contribution in [0.5, 0.6) is 5.75 Å². The summed E-state index contributed by atoms with van der Waals surface area (Å²) in [4.78, 5) is 19.3. The molecular formula is C25H29N3O3. The Bertz CT molecular complexity index is 1070. The number of β-amino-alcohol motifs (C(OH)–C–C–N with tert-alkyl or cyclic N) is 1. The smallest absolute Gasteiger partial charge is 0.256 e. The van der Waals surface area contributed by atoms with Crippen LogP contribution in [0.15, 0.2) is 54.7 Å². The lowest BCUT2D eigenvalue weighted by Gasteiger charge is -2.36. The van der Waals surface area contributed by atoms with Crippen molar-refractivity contribution in [3.8, 4) is 5.75 Å². The van der Waals surface area contributed by atoms with Gasteiger partial charge in [0, 0.05) is 42.8 Å². The fourth-order valence-electron chi connectivity index (χ4n) is 3.95. The average molecular weight is 420 g/mol. The number of rotatable bonds is 6. The molecule has 2 aromatic carbocycles. The number of hydrogen-bond acceptors (Lipinski definition) is 5. The summed E-state index contributed by atoms with van der Waals surface area (Å²) in [5, 5.41) is 15.1. The molecule has 1 aliphatic rings. The first-order valence-corrected chi connectivity index (χ1v) is 10.9. The molecule has 1 aromatic heterocycles. The monoisotopic (exact) mass is 419 g/mol. The third-order valence-corrected chi connectivity index (χ3v) is 5.64. The van der Waals surface area contributed by atoms with E-state index in [-0.39, 0.29) is 18.6 Å². The first kappa shape index (κ1) is 21.1. The summed E-state index contributed by atoms with van der Waals surface area (Å²) < 4.78 is 6.07. The molecule has 3 aromatic rings. The molecule has 1 amide bonds. The molecule has 1 fully saturated rings. The van der Waals surface area contributed by atoms with Gasteiger partial charge in [0.2, 0.25) is 0 Å². The van der Waals surface area contributed by atoms with Gasteiger partial charge in [-0.3, -0.25) is 9.78 Å². The van der Waals surface area contributed by atoms with E-state index in [2.05, 4.69) is 17.2 Å². The third kappa shape index (κ3) is 4.80. The number of nitrogens with one attached hydrogen (secondary N) is 1. The molecule has 0 aliphatic carbocycles. The van der Waals surface area contributed by atoms with E-state index in [9.17, 15) is 9.90 Å². The quantitative estimate of drug-likeness (QED) is 0.631. The summed E-state index contributed by atoms with van der Waals surface area (Å²) in [5.74, 6) is 0.620. The summed E-state index contributed by atoms with van der Waals surface area (Å²) >= 11 is 0. The Balaban J connectivity index is 1.44. The highest BCUT2D eigenvalue weighted by molar-refractivity contribution is 6.00. The van der Waals surface area contributed by atoms with Gasteiger partial charge in [-0.05, 0) is 43.7 Å². The second kappa shape index (κ2) is 9.35. The van der Waals surface area contributed by atoms with Gasteiger partial charge in [-0.15, -0.1) is 0 Å². The van der Waals surface area contributed by atoms with Crippen molar-refractivity contribution in [1.29, 1.82) is 0 Å². The first-order valence-electron chi connectivity index (χ1n) is 10.9. The molecule has 1 aliphatic heterocycles. The fraction of sp³-hybridized carbons (Fsp3) is 0.360. The van der Waals surface area contributed by atoms with Gasteiger partial charge in [0.25, 0.3) is 5.91 Å². The summed E-state index contributed by atoms with van der Waals surface area (Å²) in [5.41, 5.74) is 3.39. The Hall–Kier alpha value is -3.12. The standard InChI is InChI=1S/C25H29N3O3/c1-3-11-26-21-9-6-17(2)14-20(21)25(30)28-13-10-24(23(29)16-28)31-19-8-7-18-5-4-12-27-22(18)15-19/h4-9,12,14-15,23-24,26,29H,3,10-11,13,16H2,1-2H3/t23-,24-/m1/s1. The SMILES string of the molecule is CCCNc1ccc(C)cc1C(=O)N1CC[C@@H](Oc2ccc3cccnc3c2)[C@H](O)C1. The molecule has 0 radical (unpaired) electrons. The molecule has 6 nitrogen and oxygen atoms in total. The van der Waals surface area contributed by atoms with Crippen LogP contribution in [-0.4, -0.2) is 52.7 Å². The number of aliphatic hydroxyl groups excluding tert-OH is 1. The maximum atomic E-state index is 13.2. The van der Waals surface area contributed by atoms with Crippen LogP contribution < -0.4 is 10.1 Å². The molecule has 2 atom stereocenters. The summed E-state index contributed by atoms with van der Waals surface area (Å²) in [6.45, 7) is 5.66. The van der Waals surface area contributed by atoms with E-state index in [1.807, 2.05) is 55.5 Å². The van der Waals surface area contributed by atoms with Gasteiger partial charge in [0.15, 0.2) is 0 Å². The topological polar surface area (TPSA) is 74.7 Å². The largest absolute Gasteiger partial charge is 0.488 e. The number of aryl methyl sites for hydroxylation is 1. The number of aliphatic hydroxyl groups is 1. The van der Waals surface area contributed by atoms with Crippen molar-refractivity contribution in [3.05, 3.63) is 65.9 Å². The van der Waals surface area contributed by atoms with Crippen LogP contribution in [0, 0.1) is 6.92 Å². The van der Waals surface area contributed by atoms with Crippen LogP contribution in [0.3, 0.4) is 0 Å². The number of aromatic nitrogens is 1. The van der Waals surface area contributed by atoms with E-state index in [1.165, 1.54) is 0 Å². The van der Waals surface area contributed by atoms with Crippen molar-refractivity contribution < 1.29 is 14.6 Å². The fourth-order valence-corrected chi connectivity index (χ4v) is 3.95. The Labute approximate surface area is 182 Å². The lowest BCUT2D eigenvalue weighted by Crippen LogP contribution is -2.51. The molecule has 2 N–H and O–H groups in total. The van der Waals surface area contributed by atoms with Crippen molar-refractivity contribution in [1.82, 2.24) is 9.88 Å². The van der Waals surface area contributed by atoms with E-state index in [4.69, 9.17) is 4.74 Å². The van der Waals surface area contributed by atoms with Crippen molar-refractivity contribution in [2.45, 2.75) is 38.9 Å². The second-order valence-corrected chi connectivity index (χ2v) is 8.10. The van der Waals surface area contributed by atoms with Gasteiger partial charge in [0.1, 0.15) is 18.0 Å². The third-order valence-electron chi connectivity index (χ3n) is 5.64. The molecule has 6 heteroatoms. The normalized spacial score (nSPS) is 18.7. The highest BCUT2D eigenvalue weighted by atomic mass is 16.5. The minimum Gasteiger partial charge on any atom is -0.488 e. The number of carbonyl (C=O) groups excluding carboxylic acids is 1. The van der Waals surface area contributed by atoms with Crippen LogP contribution >= 0.6 is 0 Å². The number of hydrogen-bond donors (Lipinski definition) is 2. The van der Waals surface area contributed by atoms with Crippen molar-refractivity contribution in [3.63, 3.8) is 0 Å². The molecule has 4 rings (SSSR count). The van der Waals surface area contributed by atoms with Gasteiger partial charge in [-0.2, -0.15) is 0 Å². The summed E-state index contributed by atoms with van der Waals surface area (Å²) in [7, 11) is 0. The zero-order valence-electron chi connectivity index (χ0n) is 18.0. The van der Waals surface area contributed by atoms with Crippen LogP contribution in [0.4, 0.5) is 5.69 Å². The zero-order chi connectivity index (χ0) is 21.8. The first-order chi connectivity index (χ1) is 15.0. The van der Waals surface area contributed by atoms with E-state index in [1.54, 1.807) is 11.1 Å². The number of piperidine rings is 1. The van der Waals surface area contributed by atoms with Gasteiger partial charge >= 0.3 is 0 Å². The lowest BCUT2D eigenvalue weighted by molar-refractivity contribution is -0.0198. The highest BCUT2D eigenvalue weighted by Crippen LogP contribution is 2.25. The zero-order valence-corrected chi connectivity index (χ0v) is 18.0. The number of amides is 1. The molecule has 0 unspecified atom stereocenters. The molecule has 2 heterocycles. The number of ether oxygens (including phenoxy) is 1. The van der Waals surface area contributed by atoms with Gasteiger partial charge in [-0.1, -0.05) is 24.6 Å². The van der Waals surface area contributed by atoms with Crippen LogP contribution in [-0.2, 0) is 0 Å². The Morgan fingerprint density at radius 1 is 1.26 bits per heavy atom. The number of likely N-dealkylation sites (tertiary alicyclic amines) is 1. The molecule has 0 spiro atoms. The second-order valence-electron chi connectivity index (χ2n) is 8.10. The Morgan fingerprint density at radius 2 is 2.13 bits per heavy atom. The number of carbonyl (C=O) groups is 1. The highest BCUT2D eigenvalue weighted by Gasteiger charge is 2.32. The minimum absolute atomic E-state index is 0.0605. The number of anilines is 1. The molecule has 162 valence electrons. The molecule has 1 saturated heterocycles. The van der Waals surface area contributed by atoms with Crippen LogP contribution in [0.2, 0.25) is 0 Å². The number of benzene rings is 2. The van der Waals surface area contributed by atoms with E-state index in [0.717, 1.165) is 35.1 Å². The number of fused-ring (bicyclic) bond motifs is 1. The van der Waals surface area contributed by atoms with Gasteiger partial charge in [-0.25, -0.2) is 0 Å². The summed E-state index contributed by atoms with van der Waals surface area (Å²) in [6.07, 6.45) is 2.18. The lowest BCUT2D eigenvalue weighted by atomic mass is 10.0.